The van der Waals surface area contributed by atoms with E-state index in [9.17, 15) is 0 Å². The molecule has 148 valence electrons. The van der Waals surface area contributed by atoms with Crippen LogP contribution in [0, 0.1) is 0 Å². The molecule has 1 fully saturated rings. The summed E-state index contributed by atoms with van der Waals surface area (Å²) in [5, 5.41) is 7.68. The zero-order chi connectivity index (χ0) is 19.6. The van der Waals surface area contributed by atoms with Gasteiger partial charge in [-0.2, -0.15) is 0 Å². The fourth-order valence-corrected chi connectivity index (χ4v) is 4.60. The molecular formula is C24H25N3O2. The number of benzene rings is 1. The van der Waals surface area contributed by atoms with E-state index in [1.807, 2.05) is 24.5 Å². The molecule has 2 aromatic heterocycles. The second kappa shape index (κ2) is 7.84. The summed E-state index contributed by atoms with van der Waals surface area (Å²) in [6, 6.07) is 12.8. The predicted molar refractivity (Wildman–Crippen MR) is 114 cm³/mol. The number of hydrogen-bond donors (Lipinski definition) is 1. The van der Waals surface area contributed by atoms with Crippen LogP contribution in [0.15, 0.2) is 58.4 Å². The third-order valence-corrected chi connectivity index (χ3v) is 6.03. The van der Waals surface area contributed by atoms with Gasteiger partial charge >= 0.3 is 0 Å². The highest BCUT2D eigenvalue weighted by Gasteiger charge is 2.27. The molecule has 0 bridgehead atoms. The summed E-state index contributed by atoms with van der Waals surface area (Å²) in [5.74, 6) is 2.49. The Labute approximate surface area is 170 Å². The fourth-order valence-electron chi connectivity index (χ4n) is 4.60. The second-order valence-electron chi connectivity index (χ2n) is 7.70. The van der Waals surface area contributed by atoms with Gasteiger partial charge in [0.2, 0.25) is 0 Å². The second-order valence-corrected chi connectivity index (χ2v) is 7.70. The topological polar surface area (TPSA) is 59.6 Å². The molecule has 1 N–H and O–H groups in total. The number of fused-ring (bicyclic) bond motifs is 1. The number of nitrogens with zero attached hydrogens (tertiary/aromatic N) is 2. The molecule has 0 saturated carbocycles. The largest absolute Gasteiger partial charge is 0.460 e. The van der Waals surface area contributed by atoms with Crippen LogP contribution in [0.4, 0.5) is 0 Å². The van der Waals surface area contributed by atoms with Gasteiger partial charge in [-0.25, -0.2) is 0 Å². The van der Waals surface area contributed by atoms with Gasteiger partial charge in [0.1, 0.15) is 18.6 Å². The number of oxime groups is 1. The number of rotatable bonds is 4. The van der Waals surface area contributed by atoms with E-state index in [2.05, 4.69) is 39.7 Å². The number of nitrogens with one attached hydrogen (secondary N) is 1. The zero-order valence-electron chi connectivity index (χ0n) is 16.6. The van der Waals surface area contributed by atoms with Gasteiger partial charge in [0, 0.05) is 35.0 Å². The molecule has 5 heteroatoms. The standard InChI is InChI=1S/C24H25N3O2/c1-28-27-22-6-5-19-18(3-2-4-20(19)22)21-15-23(16-7-11-25-12-8-16)29-24(21)17-9-13-26-14-10-17/h2-4,9-10,13-16,25H,5-8,11-12H2,1H3/b27-22+. The van der Waals surface area contributed by atoms with E-state index in [0.717, 1.165) is 61.6 Å². The number of piperidine rings is 1. The Balaban J connectivity index is 1.65. The normalized spacial score (nSPS) is 18.2. The van der Waals surface area contributed by atoms with Crippen molar-refractivity contribution in [2.24, 2.45) is 5.16 Å². The lowest BCUT2D eigenvalue weighted by Gasteiger charge is -2.20. The van der Waals surface area contributed by atoms with Gasteiger partial charge in [0.05, 0.1) is 5.71 Å². The summed E-state index contributed by atoms with van der Waals surface area (Å²) in [5.41, 5.74) is 7.01. The number of furan rings is 1. The van der Waals surface area contributed by atoms with Gasteiger partial charge in [0.15, 0.2) is 0 Å². The minimum absolute atomic E-state index is 0.466. The molecule has 3 heterocycles. The van der Waals surface area contributed by atoms with Crippen LogP contribution in [0.1, 0.15) is 42.1 Å². The lowest BCUT2D eigenvalue weighted by Crippen LogP contribution is -2.26. The van der Waals surface area contributed by atoms with Crippen molar-refractivity contribution in [1.82, 2.24) is 10.3 Å². The maximum atomic E-state index is 6.52. The molecule has 1 saturated heterocycles. The SMILES string of the molecule is CO/N=C1\CCc2c1cccc2-c1cc(C2CCNCC2)oc1-c1ccncc1. The number of hydrogen-bond acceptors (Lipinski definition) is 5. The minimum atomic E-state index is 0.466. The molecule has 0 unspecified atom stereocenters. The first-order valence-electron chi connectivity index (χ1n) is 10.3. The van der Waals surface area contributed by atoms with Crippen LogP contribution in [-0.4, -0.2) is 30.9 Å². The van der Waals surface area contributed by atoms with Crippen LogP contribution in [0.25, 0.3) is 22.5 Å². The van der Waals surface area contributed by atoms with E-state index < -0.39 is 0 Å². The Morgan fingerprint density at radius 3 is 2.62 bits per heavy atom. The van der Waals surface area contributed by atoms with Crippen LogP contribution >= 0.6 is 0 Å². The smallest absolute Gasteiger partial charge is 0.142 e. The predicted octanol–water partition coefficient (Wildman–Crippen LogP) is 4.77. The van der Waals surface area contributed by atoms with Gasteiger partial charge in [-0.15, -0.1) is 0 Å². The molecule has 1 aliphatic carbocycles. The highest BCUT2D eigenvalue weighted by Crippen LogP contribution is 2.42. The average Bonchev–Trinajstić information content (AvgIpc) is 3.40. The summed E-state index contributed by atoms with van der Waals surface area (Å²) in [6.45, 7) is 2.09. The van der Waals surface area contributed by atoms with Gasteiger partial charge in [-0.3, -0.25) is 4.98 Å². The van der Waals surface area contributed by atoms with Crippen molar-refractivity contribution in [3.8, 4) is 22.5 Å². The molecular weight excluding hydrogens is 362 g/mol. The molecule has 5 nitrogen and oxygen atoms in total. The van der Waals surface area contributed by atoms with E-state index in [1.165, 1.54) is 22.3 Å². The quantitative estimate of drug-likeness (QED) is 0.655. The van der Waals surface area contributed by atoms with Crippen molar-refractivity contribution in [2.45, 2.75) is 31.6 Å². The molecule has 1 aromatic carbocycles. The summed E-state index contributed by atoms with van der Waals surface area (Å²) in [6.07, 6.45) is 7.75. The molecule has 0 amide bonds. The van der Waals surface area contributed by atoms with Crippen LogP contribution in [0.3, 0.4) is 0 Å². The van der Waals surface area contributed by atoms with Gasteiger partial charge < -0.3 is 14.6 Å². The average molecular weight is 387 g/mol. The Hall–Kier alpha value is -2.92. The van der Waals surface area contributed by atoms with Crippen molar-refractivity contribution in [3.63, 3.8) is 0 Å². The number of aromatic nitrogens is 1. The molecule has 2 aliphatic rings. The maximum Gasteiger partial charge on any atom is 0.142 e. The lowest BCUT2D eigenvalue weighted by atomic mass is 9.92. The third kappa shape index (κ3) is 3.36. The first-order valence-corrected chi connectivity index (χ1v) is 10.3. The van der Waals surface area contributed by atoms with Crippen molar-refractivity contribution in [1.29, 1.82) is 0 Å². The Morgan fingerprint density at radius 1 is 1.03 bits per heavy atom. The molecule has 29 heavy (non-hydrogen) atoms. The summed E-state index contributed by atoms with van der Waals surface area (Å²) < 4.78 is 6.52. The summed E-state index contributed by atoms with van der Waals surface area (Å²) in [4.78, 5) is 9.24. The summed E-state index contributed by atoms with van der Waals surface area (Å²) >= 11 is 0. The lowest BCUT2D eigenvalue weighted by molar-refractivity contribution is 0.213. The van der Waals surface area contributed by atoms with Crippen LogP contribution in [0.5, 0.6) is 0 Å². The van der Waals surface area contributed by atoms with E-state index in [0.29, 0.717) is 5.92 Å². The Bertz CT molecular complexity index is 1030. The van der Waals surface area contributed by atoms with Crippen LogP contribution in [-0.2, 0) is 11.3 Å². The molecule has 5 rings (SSSR count). The highest BCUT2D eigenvalue weighted by atomic mass is 16.6. The number of pyridine rings is 1. The van der Waals surface area contributed by atoms with Gasteiger partial charge in [-0.1, -0.05) is 23.4 Å². The molecule has 1 aliphatic heterocycles. The summed E-state index contributed by atoms with van der Waals surface area (Å²) in [7, 11) is 1.61. The van der Waals surface area contributed by atoms with Crippen molar-refractivity contribution < 1.29 is 9.25 Å². The van der Waals surface area contributed by atoms with E-state index in [-0.39, 0.29) is 0 Å². The van der Waals surface area contributed by atoms with E-state index in [4.69, 9.17) is 9.25 Å². The molecule has 3 aromatic rings. The van der Waals surface area contributed by atoms with Gasteiger partial charge in [0.25, 0.3) is 0 Å². The van der Waals surface area contributed by atoms with Crippen molar-refractivity contribution in [3.05, 3.63) is 65.7 Å². The fraction of sp³-hybridized carbons (Fsp3) is 0.333. The third-order valence-electron chi connectivity index (χ3n) is 6.03. The molecule has 0 spiro atoms. The first-order chi connectivity index (χ1) is 14.3. The maximum absolute atomic E-state index is 6.52. The minimum Gasteiger partial charge on any atom is -0.460 e. The van der Waals surface area contributed by atoms with Crippen LogP contribution < -0.4 is 5.32 Å². The Morgan fingerprint density at radius 2 is 1.83 bits per heavy atom. The molecule has 0 radical (unpaired) electrons. The van der Waals surface area contributed by atoms with Crippen molar-refractivity contribution >= 4 is 5.71 Å². The first kappa shape index (κ1) is 18.1. The highest BCUT2D eigenvalue weighted by molar-refractivity contribution is 6.06. The zero-order valence-corrected chi connectivity index (χ0v) is 16.6. The molecule has 0 atom stereocenters. The van der Waals surface area contributed by atoms with Crippen LogP contribution in [0.2, 0.25) is 0 Å². The monoisotopic (exact) mass is 387 g/mol. The van der Waals surface area contributed by atoms with E-state index >= 15 is 0 Å². The van der Waals surface area contributed by atoms with E-state index in [1.54, 1.807) is 7.11 Å². The van der Waals surface area contributed by atoms with Crippen molar-refractivity contribution in [2.75, 3.05) is 20.2 Å². The Kier molecular flexibility index (Phi) is 4.90. The van der Waals surface area contributed by atoms with Gasteiger partial charge in [-0.05, 0) is 68.1 Å².